The van der Waals surface area contributed by atoms with Crippen molar-refractivity contribution in [2.45, 2.75) is 50.0 Å². The van der Waals surface area contributed by atoms with Crippen molar-refractivity contribution < 1.29 is 13.5 Å². The molecular formula is C22H29BrN6O3S. The van der Waals surface area contributed by atoms with Crippen LogP contribution in [0.4, 0.5) is 17.5 Å². The Morgan fingerprint density at radius 2 is 2.06 bits per heavy atom. The van der Waals surface area contributed by atoms with Crippen LogP contribution in [0.5, 0.6) is 0 Å². The number of anilines is 3. The van der Waals surface area contributed by atoms with Crippen molar-refractivity contribution in [1.29, 1.82) is 5.26 Å². The average Bonchev–Trinajstić information content (AvgIpc) is 2.83. The van der Waals surface area contributed by atoms with E-state index in [9.17, 15) is 13.5 Å². The lowest BCUT2D eigenvalue weighted by Crippen LogP contribution is -2.31. The van der Waals surface area contributed by atoms with Crippen molar-refractivity contribution in [3.63, 3.8) is 0 Å². The van der Waals surface area contributed by atoms with Gasteiger partial charge in [-0.25, -0.2) is 18.1 Å². The van der Waals surface area contributed by atoms with Gasteiger partial charge in [-0.1, -0.05) is 13.0 Å². The van der Waals surface area contributed by atoms with Gasteiger partial charge in [0.2, 0.25) is 16.0 Å². The van der Waals surface area contributed by atoms with Crippen LogP contribution in [0.15, 0.2) is 39.8 Å². The molecular weight excluding hydrogens is 508 g/mol. The first-order valence-corrected chi connectivity index (χ1v) is 13.3. The quantitative estimate of drug-likeness (QED) is 0.359. The minimum Gasteiger partial charge on any atom is -0.394 e. The highest BCUT2D eigenvalue weighted by Crippen LogP contribution is 2.28. The molecule has 9 nitrogen and oxygen atoms in total. The van der Waals surface area contributed by atoms with Crippen LogP contribution in [-0.4, -0.2) is 42.7 Å². The number of aliphatic hydroxyl groups is 1. The summed E-state index contributed by atoms with van der Waals surface area (Å²) in [6.07, 6.45) is 5.67. The number of aromatic nitrogens is 2. The number of rotatable bonds is 10. The number of nitriles is 1. The van der Waals surface area contributed by atoms with Crippen LogP contribution >= 0.6 is 15.9 Å². The van der Waals surface area contributed by atoms with Crippen molar-refractivity contribution in [1.82, 2.24) is 14.7 Å². The van der Waals surface area contributed by atoms with Gasteiger partial charge in [0.15, 0.2) is 0 Å². The zero-order chi connectivity index (χ0) is 23.8. The van der Waals surface area contributed by atoms with E-state index < -0.39 is 10.0 Å². The lowest BCUT2D eigenvalue weighted by Gasteiger charge is -2.24. The zero-order valence-corrected chi connectivity index (χ0v) is 20.9. The van der Waals surface area contributed by atoms with Crippen LogP contribution in [0.1, 0.15) is 39.0 Å². The summed E-state index contributed by atoms with van der Waals surface area (Å²) in [4.78, 5) is 8.82. The third-order valence-electron chi connectivity index (χ3n) is 5.79. The molecule has 33 heavy (non-hydrogen) atoms. The van der Waals surface area contributed by atoms with Crippen molar-refractivity contribution >= 4 is 43.4 Å². The van der Waals surface area contributed by atoms with E-state index in [1.807, 2.05) is 6.92 Å². The SMILES string of the molecule is CC[C@H](CO)Nc1nc(Nc2cccc(S(=O)(=O)NCC3CCC(C#N)CC3)c2)ncc1Br. The van der Waals surface area contributed by atoms with Crippen molar-refractivity contribution in [2.75, 3.05) is 23.8 Å². The molecule has 0 spiro atoms. The highest BCUT2D eigenvalue weighted by Gasteiger charge is 2.23. The van der Waals surface area contributed by atoms with Crippen LogP contribution in [-0.2, 0) is 10.0 Å². The molecule has 0 bridgehead atoms. The van der Waals surface area contributed by atoms with Crippen molar-refractivity contribution in [3.05, 3.63) is 34.9 Å². The van der Waals surface area contributed by atoms with Crippen LogP contribution < -0.4 is 15.4 Å². The summed E-state index contributed by atoms with van der Waals surface area (Å²) < 4.78 is 29.0. The molecule has 2 aromatic rings. The molecule has 1 fully saturated rings. The van der Waals surface area contributed by atoms with E-state index in [2.05, 4.69) is 47.3 Å². The second-order valence-corrected chi connectivity index (χ2v) is 10.8. The first-order chi connectivity index (χ1) is 15.8. The molecule has 0 unspecified atom stereocenters. The smallest absolute Gasteiger partial charge is 0.240 e. The molecule has 0 aliphatic heterocycles. The third kappa shape index (κ3) is 7.11. The van der Waals surface area contributed by atoms with Gasteiger partial charge < -0.3 is 15.7 Å². The molecule has 1 aromatic heterocycles. The molecule has 1 heterocycles. The summed E-state index contributed by atoms with van der Waals surface area (Å²) in [6, 6.07) is 8.64. The fourth-order valence-corrected chi connectivity index (χ4v) is 5.14. The number of halogens is 1. The summed E-state index contributed by atoms with van der Waals surface area (Å²) in [5.74, 6) is 1.17. The molecule has 1 aliphatic rings. The maximum absolute atomic E-state index is 12.8. The lowest BCUT2D eigenvalue weighted by atomic mass is 9.83. The molecule has 4 N–H and O–H groups in total. The molecule has 1 atom stereocenters. The first-order valence-electron chi connectivity index (χ1n) is 11.0. The number of nitrogens with zero attached hydrogens (tertiary/aromatic N) is 3. The van der Waals surface area contributed by atoms with Gasteiger partial charge in [-0.2, -0.15) is 10.2 Å². The molecule has 11 heteroatoms. The summed E-state index contributed by atoms with van der Waals surface area (Å²) in [5, 5.41) is 24.6. The van der Waals surface area contributed by atoms with Gasteiger partial charge in [-0.05, 0) is 72.2 Å². The maximum atomic E-state index is 12.8. The Balaban J connectivity index is 1.66. The third-order valence-corrected chi connectivity index (χ3v) is 7.79. The summed E-state index contributed by atoms with van der Waals surface area (Å²) in [5.41, 5.74) is 0.537. The second-order valence-electron chi connectivity index (χ2n) is 8.17. The molecule has 178 valence electrons. The zero-order valence-electron chi connectivity index (χ0n) is 18.5. The van der Waals surface area contributed by atoms with E-state index in [4.69, 9.17) is 5.26 Å². The Hall–Kier alpha value is -2.26. The van der Waals surface area contributed by atoms with E-state index in [1.165, 1.54) is 6.07 Å². The van der Waals surface area contributed by atoms with Crippen molar-refractivity contribution in [3.8, 4) is 6.07 Å². The maximum Gasteiger partial charge on any atom is 0.240 e. The highest BCUT2D eigenvalue weighted by molar-refractivity contribution is 9.10. The molecule has 0 radical (unpaired) electrons. The Morgan fingerprint density at radius 3 is 2.73 bits per heavy atom. The van der Waals surface area contributed by atoms with Crippen LogP contribution in [0.3, 0.4) is 0 Å². The van der Waals surface area contributed by atoms with E-state index in [0.717, 1.165) is 32.1 Å². The van der Waals surface area contributed by atoms with Gasteiger partial charge in [-0.3, -0.25) is 0 Å². The molecule has 1 aromatic carbocycles. The van der Waals surface area contributed by atoms with Gasteiger partial charge in [0.25, 0.3) is 0 Å². The fraction of sp³-hybridized carbons (Fsp3) is 0.500. The van der Waals surface area contributed by atoms with E-state index in [-0.39, 0.29) is 29.4 Å². The number of nitrogens with one attached hydrogen (secondary N) is 3. The minimum atomic E-state index is -3.67. The van der Waals surface area contributed by atoms with Gasteiger partial charge in [-0.15, -0.1) is 0 Å². The minimum absolute atomic E-state index is 0.0254. The summed E-state index contributed by atoms with van der Waals surface area (Å²) >= 11 is 3.40. The number of sulfonamides is 1. The van der Waals surface area contributed by atoms with E-state index in [1.54, 1.807) is 24.4 Å². The first kappa shape index (κ1) is 25.4. The second kappa shape index (κ2) is 11.7. The molecule has 1 saturated carbocycles. The van der Waals surface area contributed by atoms with Crippen LogP contribution in [0.2, 0.25) is 0 Å². The Morgan fingerprint density at radius 1 is 1.30 bits per heavy atom. The predicted molar refractivity (Wildman–Crippen MR) is 130 cm³/mol. The van der Waals surface area contributed by atoms with Gasteiger partial charge in [0, 0.05) is 24.3 Å². The fourth-order valence-electron chi connectivity index (χ4n) is 3.68. The van der Waals surface area contributed by atoms with Gasteiger partial charge in [0.1, 0.15) is 5.82 Å². The average molecular weight is 537 g/mol. The monoisotopic (exact) mass is 536 g/mol. The standard InChI is InChI=1S/C22H29BrN6O3S/c1-2-17(14-30)27-21-20(23)13-25-22(29-21)28-18-4-3-5-19(10-18)33(31,32)26-12-16-8-6-15(11-24)7-9-16/h3-5,10,13,15-17,26,30H,2,6-9,12,14H2,1H3,(H2,25,27,28,29)/t15?,16?,17-/m1/s1. The van der Waals surface area contributed by atoms with Crippen LogP contribution in [0, 0.1) is 23.2 Å². The molecule has 0 saturated heterocycles. The lowest BCUT2D eigenvalue weighted by molar-refractivity contribution is 0.271. The normalized spacial score (nSPS) is 19.5. The predicted octanol–water partition coefficient (Wildman–Crippen LogP) is 3.77. The molecule has 1 aliphatic carbocycles. The Labute approximate surface area is 203 Å². The molecule has 0 amide bonds. The van der Waals surface area contributed by atoms with Crippen LogP contribution in [0.25, 0.3) is 0 Å². The number of hydrogen-bond donors (Lipinski definition) is 4. The van der Waals surface area contributed by atoms with E-state index in [0.29, 0.717) is 28.5 Å². The van der Waals surface area contributed by atoms with Crippen molar-refractivity contribution in [2.24, 2.45) is 11.8 Å². The van der Waals surface area contributed by atoms with Gasteiger partial charge in [0.05, 0.1) is 28.1 Å². The number of aliphatic hydroxyl groups excluding tert-OH is 1. The number of hydrogen-bond acceptors (Lipinski definition) is 8. The Kier molecular flexibility index (Phi) is 9.02. The highest BCUT2D eigenvalue weighted by atomic mass is 79.9. The molecule has 3 rings (SSSR count). The van der Waals surface area contributed by atoms with Gasteiger partial charge >= 0.3 is 0 Å². The largest absolute Gasteiger partial charge is 0.394 e. The topological polar surface area (TPSA) is 140 Å². The number of benzene rings is 1. The summed E-state index contributed by atoms with van der Waals surface area (Å²) in [7, 11) is -3.67. The van der Waals surface area contributed by atoms with E-state index >= 15 is 0 Å². The Bertz CT molecular complexity index is 1080. The summed E-state index contributed by atoms with van der Waals surface area (Å²) in [6.45, 7) is 2.30.